The summed E-state index contributed by atoms with van der Waals surface area (Å²) in [6.07, 6.45) is 4.14. The third kappa shape index (κ3) is 4.59. The van der Waals surface area contributed by atoms with Crippen molar-refractivity contribution in [2.75, 3.05) is 17.7 Å². The number of amides is 1. The van der Waals surface area contributed by atoms with Gasteiger partial charge < -0.3 is 10.1 Å². The molecule has 0 atom stereocenters. The lowest BCUT2D eigenvalue weighted by Crippen LogP contribution is -2.20. The van der Waals surface area contributed by atoms with Crippen molar-refractivity contribution in [1.29, 1.82) is 0 Å². The molecule has 168 valence electrons. The van der Waals surface area contributed by atoms with Crippen LogP contribution in [0.4, 0.5) is 5.00 Å². The molecule has 0 unspecified atom stereocenters. The van der Waals surface area contributed by atoms with Gasteiger partial charge in [-0.05, 0) is 50.3 Å². The van der Waals surface area contributed by atoms with Gasteiger partial charge in [0.1, 0.15) is 5.00 Å². The van der Waals surface area contributed by atoms with Gasteiger partial charge in [0.2, 0.25) is 5.91 Å². The Kier molecular flexibility index (Phi) is 6.95. The summed E-state index contributed by atoms with van der Waals surface area (Å²) in [6, 6.07) is 7.23. The lowest BCUT2D eigenvalue weighted by molar-refractivity contribution is -0.115. The number of carbonyl (C=O) groups excluding carboxylic acids is 2. The van der Waals surface area contributed by atoms with E-state index in [9.17, 15) is 14.4 Å². The lowest BCUT2D eigenvalue weighted by atomic mass is 9.95. The fourth-order valence-corrected chi connectivity index (χ4v) is 6.03. The molecule has 1 amide bonds. The third-order valence-corrected chi connectivity index (χ3v) is 7.65. The molecular formula is C23H25N3O4S2. The van der Waals surface area contributed by atoms with Crippen LogP contribution in [-0.2, 0) is 29.4 Å². The first-order valence-corrected chi connectivity index (χ1v) is 12.5. The maximum absolute atomic E-state index is 12.7. The summed E-state index contributed by atoms with van der Waals surface area (Å²) in [6.45, 7) is 2.07. The number of fused-ring (bicyclic) bond motifs is 2. The number of aryl methyl sites for hydroxylation is 1. The molecule has 0 radical (unpaired) electrons. The second-order valence-electron chi connectivity index (χ2n) is 7.56. The highest BCUT2D eigenvalue weighted by atomic mass is 32.2. The number of thiophene rings is 1. The van der Waals surface area contributed by atoms with Crippen LogP contribution in [0.3, 0.4) is 0 Å². The summed E-state index contributed by atoms with van der Waals surface area (Å²) >= 11 is 2.85. The molecule has 0 bridgehead atoms. The normalized spacial score (nSPS) is 13.1. The highest BCUT2D eigenvalue weighted by Crippen LogP contribution is 2.38. The Morgan fingerprint density at radius 1 is 1.25 bits per heavy atom. The maximum atomic E-state index is 12.7. The lowest BCUT2D eigenvalue weighted by Gasteiger charge is -2.12. The summed E-state index contributed by atoms with van der Waals surface area (Å²) < 4.78 is 6.76. The molecule has 1 aromatic carbocycles. The molecule has 1 N–H and O–H groups in total. The Hall–Kier alpha value is -2.65. The van der Waals surface area contributed by atoms with Gasteiger partial charge in [-0.2, -0.15) is 0 Å². The van der Waals surface area contributed by atoms with Gasteiger partial charge in [0, 0.05) is 24.1 Å². The standard InChI is InChI=1S/C23H25N3O4S2/c1-3-30-22(29)19-15-9-5-7-11-17(15)32-20(19)25-18(27)12-13-31-23-24-16-10-6-4-8-14(16)21(28)26(23)2/h4,6,8,10H,3,5,7,9,11-13H2,1-2H3,(H,25,27). The van der Waals surface area contributed by atoms with Crippen molar-refractivity contribution in [3.8, 4) is 0 Å². The summed E-state index contributed by atoms with van der Waals surface area (Å²) in [5, 5.41) is 4.65. The van der Waals surface area contributed by atoms with Gasteiger partial charge in [0.25, 0.3) is 5.56 Å². The predicted molar refractivity (Wildman–Crippen MR) is 128 cm³/mol. The van der Waals surface area contributed by atoms with E-state index in [1.165, 1.54) is 32.5 Å². The van der Waals surface area contributed by atoms with Gasteiger partial charge in [-0.25, -0.2) is 9.78 Å². The third-order valence-electron chi connectivity index (χ3n) is 5.41. The Balaban J connectivity index is 1.44. The molecule has 1 aliphatic carbocycles. The first-order chi connectivity index (χ1) is 15.5. The number of aromatic nitrogens is 2. The van der Waals surface area contributed by atoms with Crippen LogP contribution in [0.25, 0.3) is 10.9 Å². The summed E-state index contributed by atoms with van der Waals surface area (Å²) in [4.78, 5) is 43.4. The highest BCUT2D eigenvalue weighted by molar-refractivity contribution is 7.99. The van der Waals surface area contributed by atoms with Crippen molar-refractivity contribution in [2.24, 2.45) is 7.05 Å². The van der Waals surface area contributed by atoms with Gasteiger partial charge in [-0.15, -0.1) is 11.3 Å². The molecule has 32 heavy (non-hydrogen) atoms. The number of benzene rings is 1. The summed E-state index contributed by atoms with van der Waals surface area (Å²) in [7, 11) is 1.69. The van der Waals surface area contributed by atoms with E-state index in [0.29, 0.717) is 39.0 Å². The Morgan fingerprint density at radius 3 is 2.84 bits per heavy atom. The fraction of sp³-hybridized carbons (Fsp3) is 0.391. The Morgan fingerprint density at radius 2 is 2.03 bits per heavy atom. The van der Waals surface area contributed by atoms with Crippen molar-refractivity contribution in [2.45, 2.75) is 44.2 Å². The molecule has 7 nitrogen and oxygen atoms in total. The summed E-state index contributed by atoms with van der Waals surface area (Å²) in [5.74, 6) is -0.0797. The average Bonchev–Trinajstić information content (AvgIpc) is 3.15. The van der Waals surface area contributed by atoms with Crippen molar-refractivity contribution < 1.29 is 14.3 Å². The minimum atomic E-state index is -0.369. The Bertz CT molecular complexity index is 1230. The van der Waals surface area contributed by atoms with Crippen LogP contribution in [0.5, 0.6) is 0 Å². The van der Waals surface area contributed by atoms with Crippen molar-refractivity contribution >= 4 is 50.9 Å². The van der Waals surface area contributed by atoms with Crippen LogP contribution >= 0.6 is 23.1 Å². The van der Waals surface area contributed by atoms with Crippen molar-refractivity contribution in [3.05, 3.63) is 50.6 Å². The van der Waals surface area contributed by atoms with E-state index in [4.69, 9.17) is 4.74 Å². The quantitative estimate of drug-likeness (QED) is 0.316. The first kappa shape index (κ1) is 22.5. The average molecular weight is 472 g/mol. The number of rotatable bonds is 7. The van der Waals surface area contributed by atoms with E-state index in [0.717, 1.165) is 31.2 Å². The number of esters is 1. The van der Waals surface area contributed by atoms with Crippen LogP contribution in [0.2, 0.25) is 0 Å². The van der Waals surface area contributed by atoms with Gasteiger partial charge in [-0.1, -0.05) is 23.9 Å². The summed E-state index contributed by atoms with van der Waals surface area (Å²) in [5.41, 5.74) is 2.09. The predicted octanol–water partition coefficient (Wildman–Crippen LogP) is 4.17. The van der Waals surface area contributed by atoms with Crippen LogP contribution in [0, 0.1) is 0 Å². The monoisotopic (exact) mass is 471 g/mol. The number of nitrogens with zero attached hydrogens (tertiary/aromatic N) is 2. The van der Waals surface area contributed by atoms with E-state index in [1.54, 1.807) is 20.0 Å². The molecule has 2 heterocycles. The molecule has 0 fully saturated rings. The van der Waals surface area contributed by atoms with Gasteiger partial charge in [0.15, 0.2) is 5.16 Å². The van der Waals surface area contributed by atoms with Crippen LogP contribution < -0.4 is 10.9 Å². The second kappa shape index (κ2) is 9.87. The minimum absolute atomic E-state index is 0.106. The number of nitrogens with one attached hydrogen (secondary N) is 1. The van der Waals surface area contributed by atoms with E-state index in [-0.39, 0.29) is 23.9 Å². The molecule has 2 aromatic heterocycles. The molecule has 9 heteroatoms. The van der Waals surface area contributed by atoms with E-state index >= 15 is 0 Å². The van der Waals surface area contributed by atoms with Gasteiger partial charge in [0.05, 0.1) is 23.1 Å². The Labute approximate surface area is 194 Å². The molecule has 3 aromatic rings. The molecule has 4 rings (SSSR count). The molecule has 0 saturated carbocycles. The minimum Gasteiger partial charge on any atom is -0.462 e. The SMILES string of the molecule is CCOC(=O)c1c(NC(=O)CCSc2nc3ccccc3c(=O)n2C)sc2c1CCCC2. The van der Waals surface area contributed by atoms with Crippen molar-refractivity contribution in [3.63, 3.8) is 0 Å². The molecular weight excluding hydrogens is 446 g/mol. The fourth-order valence-electron chi connectivity index (χ4n) is 3.82. The number of anilines is 1. The first-order valence-electron chi connectivity index (χ1n) is 10.7. The zero-order valence-electron chi connectivity index (χ0n) is 18.1. The molecule has 0 saturated heterocycles. The van der Waals surface area contributed by atoms with E-state index in [1.807, 2.05) is 18.2 Å². The topological polar surface area (TPSA) is 90.3 Å². The number of hydrogen-bond donors (Lipinski definition) is 1. The molecule has 0 aliphatic heterocycles. The van der Waals surface area contributed by atoms with E-state index in [2.05, 4.69) is 10.3 Å². The number of ether oxygens (including phenoxy) is 1. The number of hydrogen-bond acceptors (Lipinski definition) is 7. The van der Waals surface area contributed by atoms with Crippen LogP contribution in [-0.4, -0.2) is 33.8 Å². The number of para-hydroxylation sites is 1. The van der Waals surface area contributed by atoms with Crippen LogP contribution in [0.15, 0.2) is 34.2 Å². The zero-order valence-corrected chi connectivity index (χ0v) is 19.7. The molecule has 1 aliphatic rings. The number of thioether (sulfide) groups is 1. The van der Waals surface area contributed by atoms with Gasteiger partial charge >= 0.3 is 5.97 Å². The zero-order chi connectivity index (χ0) is 22.7. The second-order valence-corrected chi connectivity index (χ2v) is 9.73. The molecule has 0 spiro atoms. The highest BCUT2D eigenvalue weighted by Gasteiger charge is 2.27. The van der Waals surface area contributed by atoms with Crippen molar-refractivity contribution in [1.82, 2.24) is 9.55 Å². The van der Waals surface area contributed by atoms with Gasteiger partial charge in [-0.3, -0.25) is 14.2 Å². The number of carbonyl (C=O) groups is 2. The van der Waals surface area contributed by atoms with Crippen LogP contribution in [0.1, 0.15) is 47.0 Å². The maximum Gasteiger partial charge on any atom is 0.341 e. The largest absolute Gasteiger partial charge is 0.462 e. The smallest absolute Gasteiger partial charge is 0.341 e. The van der Waals surface area contributed by atoms with E-state index < -0.39 is 0 Å².